The average molecular weight is 534 g/mol. The van der Waals surface area contributed by atoms with Crippen LogP contribution in [0.5, 0.6) is 5.75 Å². The predicted octanol–water partition coefficient (Wildman–Crippen LogP) is 6.36. The lowest BCUT2D eigenvalue weighted by atomic mass is 9.87. The van der Waals surface area contributed by atoms with Gasteiger partial charge in [-0.2, -0.15) is 0 Å². The number of aryl methyl sites for hydroxylation is 2. The van der Waals surface area contributed by atoms with E-state index < -0.39 is 0 Å². The quantitative estimate of drug-likeness (QED) is 0.231. The number of hydrogen-bond donors (Lipinski definition) is 1. The molecule has 1 N–H and O–H groups in total. The topological polar surface area (TPSA) is 73.2 Å². The molecule has 0 fully saturated rings. The van der Waals surface area contributed by atoms with E-state index in [1.165, 1.54) is 22.2 Å². The summed E-state index contributed by atoms with van der Waals surface area (Å²) in [6.07, 6.45) is 4.13. The van der Waals surface area contributed by atoms with Gasteiger partial charge in [0.05, 0.1) is 23.9 Å². The average Bonchev–Trinajstić information content (AvgIpc) is 3.26. The van der Waals surface area contributed by atoms with Crippen LogP contribution in [0.15, 0.2) is 58.5 Å². The molecule has 2 heterocycles. The van der Waals surface area contributed by atoms with Crippen molar-refractivity contribution in [3.63, 3.8) is 0 Å². The van der Waals surface area contributed by atoms with Gasteiger partial charge in [-0.05, 0) is 66.5 Å². The maximum atomic E-state index is 13.9. The van der Waals surface area contributed by atoms with E-state index >= 15 is 0 Å². The zero-order valence-corrected chi connectivity index (χ0v) is 23.2. The third-order valence-corrected chi connectivity index (χ3v) is 8.76. The van der Waals surface area contributed by atoms with E-state index in [1.54, 1.807) is 23.0 Å². The molecule has 0 bridgehead atoms. The molecule has 1 aliphatic carbocycles. The van der Waals surface area contributed by atoms with Gasteiger partial charge in [-0.3, -0.25) is 14.2 Å². The summed E-state index contributed by atoms with van der Waals surface area (Å²) in [5, 5.41) is 4.19. The van der Waals surface area contributed by atoms with Gasteiger partial charge in [0, 0.05) is 16.6 Å². The van der Waals surface area contributed by atoms with E-state index in [1.807, 2.05) is 48.5 Å². The molecular weight excluding hydrogens is 502 g/mol. The SMILES string of the molecule is COc1cccc(-n2c(SCC(=O)Nc3ccc(C(C)(C)C)cc3)nc3sc4c(c3c2=O)CCCC4)c1. The van der Waals surface area contributed by atoms with Gasteiger partial charge in [-0.1, -0.05) is 50.7 Å². The zero-order chi connectivity index (χ0) is 26.2. The van der Waals surface area contributed by atoms with E-state index in [4.69, 9.17) is 9.72 Å². The molecule has 0 saturated carbocycles. The number of carbonyl (C=O) groups excluding carboxylic acids is 1. The van der Waals surface area contributed by atoms with Gasteiger partial charge in [0.15, 0.2) is 5.16 Å². The highest BCUT2D eigenvalue weighted by Gasteiger charge is 2.23. The number of ether oxygens (including phenoxy) is 1. The van der Waals surface area contributed by atoms with E-state index in [0.717, 1.165) is 47.2 Å². The molecule has 5 rings (SSSR count). The number of hydrogen-bond acceptors (Lipinski definition) is 6. The molecule has 1 aliphatic rings. The number of anilines is 1. The minimum atomic E-state index is -0.148. The third kappa shape index (κ3) is 5.31. The number of rotatable bonds is 6. The normalized spacial score (nSPS) is 13.4. The van der Waals surface area contributed by atoms with Crippen molar-refractivity contribution in [2.45, 2.75) is 57.0 Å². The van der Waals surface area contributed by atoms with Crippen LogP contribution in [0.1, 0.15) is 49.6 Å². The summed E-state index contributed by atoms with van der Waals surface area (Å²) in [6.45, 7) is 6.48. The number of thioether (sulfide) groups is 1. The number of carbonyl (C=O) groups is 1. The smallest absolute Gasteiger partial charge is 0.267 e. The predicted molar refractivity (Wildman–Crippen MR) is 153 cm³/mol. The highest BCUT2D eigenvalue weighted by Crippen LogP contribution is 2.35. The second kappa shape index (κ2) is 10.3. The maximum Gasteiger partial charge on any atom is 0.267 e. The summed E-state index contributed by atoms with van der Waals surface area (Å²) in [7, 11) is 1.60. The number of methoxy groups -OCH3 is 1. The van der Waals surface area contributed by atoms with Crippen molar-refractivity contribution in [2.75, 3.05) is 18.2 Å². The first-order valence-corrected chi connectivity index (χ1v) is 14.3. The fourth-order valence-electron chi connectivity index (χ4n) is 4.64. The van der Waals surface area contributed by atoms with Crippen molar-refractivity contribution in [2.24, 2.45) is 0 Å². The Morgan fingerprint density at radius 3 is 2.62 bits per heavy atom. The van der Waals surface area contributed by atoms with Crippen LogP contribution in [-0.4, -0.2) is 28.3 Å². The van der Waals surface area contributed by atoms with Crippen LogP contribution in [0.2, 0.25) is 0 Å². The number of amides is 1. The Morgan fingerprint density at radius 1 is 1.14 bits per heavy atom. The van der Waals surface area contributed by atoms with Crippen molar-refractivity contribution >= 4 is 44.9 Å². The number of benzene rings is 2. The molecule has 0 unspecified atom stereocenters. The summed E-state index contributed by atoms with van der Waals surface area (Å²) in [6, 6.07) is 15.3. The lowest BCUT2D eigenvalue weighted by Gasteiger charge is -2.19. The molecule has 2 aromatic carbocycles. The Labute approximate surface area is 225 Å². The van der Waals surface area contributed by atoms with Gasteiger partial charge in [-0.15, -0.1) is 11.3 Å². The Hall–Kier alpha value is -3.10. The second-order valence-corrected chi connectivity index (χ2v) is 12.3. The van der Waals surface area contributed by atoms with E-state index in [9.17, 15) is 9.59 Å². The van der Waals surface area contributed by atoms with Gasteiger partial charge in [0.1, 0.15) is 10.6 Å². The highest BCUT2D eigenvalue weighted by atomic mass is 32.2. The highest BCUT2D eigenvalue weighted by molar-refractivity contribution is 7.99. The fraction of sp³-hybridized carbons (Fsp3) is 0.345. The summed E-state index contributed by atoms with van der Waals surface area (Å²) < 4.78 is 7.04. The van der Waals surface area contributed by atoms with Crippen molar-refractivity contribution < 1.29 is 9.53 Å². The van der Waals surface area contributed by atoms with Crippen molar-refractivity contribution in [3.05, 3.63) is 74.9 Å². The number of nitrogens with zero attached hydrogens (tertiary/aromatic N) is 2. The van der Waals surface area contributed by atoms with Crippen LogP contribution in [0.25, 0.3) is 15.9 Å². The van der Waals surface area contributed by atoms with Gasteiger partial charge in [-0.25, -0.2) is 4.98 Å². The number of fused-ring (bicyclic) bond motifs is 3. The van der Waals surface area contributed by atoms with Crippen LogP contribution in [0.3, 0.4) is 0 Å². The standard InChI is InChI=1S/C29H31N3O3S2/c1-29(2,3)18-12-14-19(15-13-18)30-24(33)17-36-28-31-26-25(22-10-5-6-11-23(22)37-26)27(34)32(28)20-8-7-9-21(16-20)35-4/h7-9,12-16H,5-6,10-11,17H2,1-4H3,(H,30,33). The maximum absolute atomic E-state index is 13.9. The van der Waals surface area contributed by atoms with Crippen molar-refractivity contribution in [1.82, 2.24) is 9.55 Å². The van der Waals surface area contributed by atoms with Crippen LogP contribution in [0.4, 0.5) is 5.69 Å². The molecule has 8 heteroatoms. The number of nitrogens with one attached hydrogen (secondary N) is 1. The zero-order valence-electron chi connectivity index (χ0n) is 21.6. The summed E-state index contributed by atoms with van der Waals surface area (Å²) >= 11 is 2.89. The monoisotopic (exact) mass is 533 g/mol. The van der Waals surface area contributed by atoms with Crippen LogP contribution >= 0.6 is 23.1 Å². The van der Waals surface area contributed by atoms with Crippen molar-refractivity contribution in [3.8, 4) is 11.4 Å². The Morgan fingerprint density at radius 2 is 1.89 bits per heavy atom. The molecule has 0 radical (unpaired) electrons. The summed E-state index contributed by atoms with van der Waals surface area (Å²) in [4.78, 5) is 33.7. The first-order valence-electron chi connectivity index (χ1n) is 12.5. The van der Waals surface area contributed by atoms with Crippen molar-refractivity contribution in [1.29, 1.82) is 0 Å². The molecule has 4 aromatic rings. The van der Waals surface area contributed by atoms with Gasteiger partial charge in [0.2, 0.25) is 5.91 Å². The van der Waals surface area contributed by atoms with E-state index in [2.05, 4.69) is 26.1 Å². The number of thiophene rings is 1. The lowest BCUT2D eigenvalue weighted by molar-refractivity contribution is -0.113. The van der Waals surface area contributed by atoms with E-state index in [0.29, 0.717) is 16.6 Å². The molecule has 0 aliphatic heterocycles. The molecule has 2 aromatic heterocycles. The minimum absolute atomic E-state index is 0.0491. The summed E-state index contributed by atoms with van der Waals surface area (Å²) in [5.41, 5.74) is 3.74. The van der Waals surface area contributed by atoms with Gasteiger partial charge >= 0.3 is 0 Å². The molecular formula is C29H31N3O3S2. The fourth-order valence-corrected chi connectivity index (χ4v) is 6.76. The Bertz CT molecular complexity index is 1510. The van der Waals surface area contributed by atoms with Crippen LogP contribution in [0, 0.1) is 0 Å². The molecule has 1 amide bonds. The van der Waals surface area contributed by atoms with Crippen LogP contribution < -0.4 is 15.6 Å². The Kier molecular flexibility index (Phi) is 7.14. The molecule has 6 nitrogen and oxygen atoms in total. The third-order valence-electron chi connectivity index (χ3n) is 6.64. The Balaban J connectivity index is 1.46. The molecule has 192 valence electrons. The first-order chi connectivity index (χ1) is 17.7. The first kappa shape index (κ1) is 25.5. The van der Waals surface area contributed by atoms with Gasteiger partial charge in [0.25, 0.3) is 5.56 Å². The number of aromatic nitrogens is 2. The largest absolute Gasteiger partial charge is 0.497 e. The molecule has 0 spiro atoms. The molecule has 37 heavy (non-hydrogen) atoms. The van der Waals surface area contributed by atoms with Crippen LogP contribution in [-0.2, 0) is 23.1 Å². The lowest BCUT2D eigenvalue weighted by Crippen LogP contribution is -2.23. The second-order valence-electron chi connectivity index (χ2n) is 10.3. The molecule has 0 atom stereocenters. The summed E-state index contributed by atoms with van der Waals surface area (Å²) in [5.74, 6) is 0.642. The molecule has 0 saturated heterocycles. The minimum Gasteiger partial charge on any atom is -0.497 e. The van der Waals surface area contributed by atoms with E-state index in [-0.39, 0.29) is 22.6 Å². The van der Waals surface area contributed by atoms with Gasteiger partial charge < -0.3 is 10.1 Å².